The number of nitrogens with two attached hydrogens (primary N) is 1. The van der Waals surface area contributed by atoms with Crippen LogP contribution in [0.15, 0.2) is 24.3 Å². The standard InChI is InChI=1S/C22H32N4O8S/c1-12(19(30)25-16(22(33)34)7-8-18(28)29)24-21(32)17(11-13-3-5-14(27)6-4-13)26-20(31)15(23)9-10-35-2/h3-6,12,15-17,27H,7-11,23H2,1-2H3,(H,24,32)(H,25,30)(H,26,31)(H,28,29)(H,33,34). The summed E-state index contributed by atoms with van der Waals surface area (Å²) in [6, 6.07) is 1.43. The number of aliphatic carboxylic acids is 2. The van der Waals surface area contributed by atoms with Crippen molar-refractivity contribution in [2.24, 2.45) is 5.73 Å². The molecule has 12 nitrogen and oxygen atoms in total. The zero-order valence-electron chi connectivity index (χ0n) is 19.5. The molecule has 4 unspecified atom stereocenters. The number of hydrogen-bond acceptors (Lipinski definition) is 8. The van der Waals surface area contributed by atoms with Crippen LogP contribution in [0.2, 0.25) is 0 Å². The molecule has 35 heavy (non-hydrogen) atoms. The first-order chi connectivity index (χ1) is 16.4. The summed E-state index contributed by atoms with van der Waals surface area (Å²) in [6.07, 6.45) is 1.51. The molecule has 13 heteroatoms. The van der Waals surface area contributed by atoms with Crippen LogP contribution in [0.4, 0.5) is 0 Å². The van der Waals surface area contributed by atoms with Gasteiger partial charge in [-0.3, -0.25) is 19.2 Å². The highest BCUT2D eigenvalue weighted by molar-refractivity contribution is 7.98. The fourth-order valence-electron chi connectivity index (χ4n) is 2.93. The van der Waals surface area contributed by atoms with E-state index in [0.717, 1.165) is 0 Å². The van der Waals surface area contributed by atoms with E-state index < -0.39 is 60.2 Å². The second-order valence-corrected chi connectivity index (χ2v) is 8.87. The molecule has 0 spiro atoms. The van der Waals surface area contributed by atoms with E-state index in [2.05, 4.69) is 16.0 Å². The van der Waals surface area contributed by atoms with Crippen LogP contribution in [0, 0.1) is 0 Å². The third kappa shape index (κ3) is 11.1. The fraction of sp³-hybridized carbons (Fsp3) is 0.500. The molecule has 4 atom stereocenters. The van der Waals surface area contributed by atoms with Gasteiger partial charge in [-0.15, -0.1) is 0 Å². The van der Waals surface area contributed by atoms with E-state index in [0.29, 0.717) is 17.7 Å². The molecule has 1 aromatic rings. The molecule has 0 aliphatic carbocycles. The van der Waals surface area contributed by atoms with E-state index in [-0.39, 0.29) is 18.6 Å². The van der Waals surface area contributed by atoms with Gasteiger partial charge in [-0.25, -0.2) is 4.79 Å². The average molecular weight is 513 g/mol. The predicted molar refractivity (Wildman–Crippen MR) is 129 cm³/mol. The molecule has 194 valence electrons. The number of phenolic OH excluding ortho intramolecular Hbond substituents is 1. The van der Waals surface area contributed by atoms with Gasteiger partial charge in [-0.2, -0.15) is 11.8 Å². The zero-order chi connectivity index (χ0) is 26.5. The molecule has 1 aromatic carbocycles. The molecule has 0 aliphatic rings. The summed E-state index contributed by atoms with van der Waals surface area (Å²) < 4.78 is 0. The molecule has 0 bridgehead atoms. The van der Waals surface area contributed by atoms with E-state index in [1.807, 2.05) is 6.26 Å². The van der Waals surface area contributed by atoms with Crippen LogP contribution in [-0.4, -0.2) is 81.2 Å². The molecule has 0 saturated heterocycles. The summed E-state index contributed by atoms with van der Waals surface area (Å²) in [6.45, 7) is 1.33. The van der Waals surface area contributed by atoms with E-state index in [1.165, 1.54) is 30.8 Å². The number of nitrogens with one attached hydrogen (secondary N) is 3. The number of carboxylic acids is 2. The number of carboxylic acid groups (broad SMARTS) is 2. The van der Waals surface area contributed by atoms with Gasteiger partial charge in [0.25, 0.3) is 0 Å². The van der Waals surface area contributed by atoms with Gasteiger partial charge in [-0.05, 0) is 49.5 Å². The molecule has 8 N–H and O–H groups in total. The predicted octanol–water partition coefficient (Wildman–Crippen LogP) is -0.561. The number of thioether (sulfide) groups is 1. The van der Waals surface area contributed by atoms with Gasteiger partial charge in [0.1, 0.15) is 23.9 Å². The maximum absolute atomic E-state index is 12.9. The summed E-state index contributed by atoms with van der Waals surface area (Å²) >= 11 is 1.52. The van der Waals surface area contributed by atoms with Crippen molar-refractivity contribution >= 4 is 41.4 Å². The van der Waals surface area contributed by atoms with Crippen molar-refractivity contribution in [3.63, 3.8) is 0 Å². The van der Waals surface area contributed by atoms with Crippen LogP contribution in [0.1, 0.15) is 31.7 Å². The van der Waals surface area contributed by atoms with Crippen LogP contribution in [0.25, 0.3) is 0 Å². The van der Waals surface area contributed by atoms with Crippen LogP contribution in [0.5, 0.6) is 5.75 Å². The first-order valence-electron chi connectivity index (χ1n) is 10.8. The molecule has 1 rings (SSSR count). The summed E-state index contributed by atoms with van der Waals surface area (Å²) in [5, 5.41) is 34.6. The normalized spacial score (nSPS) is 14.1. The lowest BCUT2D eigenvalue weighted by Crippen LogP contribution is -2.57. The molecular formula is C22H32N4O8S. The van der Waals surface area contributed by atoms with Gasteiger partial charge in [0, 0.05) is 12.8 Å². The van der Waals surface area contributed by atoms with Gasteiger partial charge >= 0.3 is 11.9 Å². The Hall–Kier alpha value is -3.32. The second kappa shape index (κ2) is 14.8. The quantitative estimate of drug-likeness (QED) is 0.159. The number of rotatable bonds is 15. The van der Waals surface area contributed by atoms with Crippen molar-refractivity contribution in [2.75, 3.05) is 12.0 Å². The third-order valence-corrected chi connectivity index (χ3v) is 5.64. The lowest BCUT2D eigenvalue weighted by molar-refractivity contribution is -0.143. The van der Waals surface area contributed by atoms with Gasteiger partial charge < -0.3 is 37.0 Å². The number of phenols is 1. The Labute approximate surface area is 207 Å². The van der Waals surface area contributed by atoms with Gasteiger partial charge in [0.2, 0.25) is 17.7 Å². The number of benzene rings is 1. The SMILES string of the molecule is CSCCC(N)C(=O)NC(Cc1ccc(O)cc1)C(=O)NC(C)C(=O)NC(CCC(=O)O)C(=O)O. The zero-order valence-corrected chi connectivity index (χ0v) is 20.3. The maximum Gasteiger partial charge on any atom is 0.326 e. The monoisotopic (exact) mass is 512 g/mol. The van der Waals surface area contributed by atoms with Crippen molar-refractivity contribution in [1.82, 2.24) is 16.0 Å². The molecule has 0 fully saturated rings. The first kappa shape index (κ1) is 29.7. The summed E-state index contributed by atoms with van der Waals surface area (Å²) in [4.78, 5) is 59.9. The minimum absolute atomic E-state index is 0.0269. The Morgan fingerprint density at radius 2 is 1.51 bits per heavy atom. The molecule has 0 aliphatic heterocycles. The average Bonchev–Trinajstić information content (AvgIpc) is 2.80. The second-order valence-electron chi connectivity index (χ2n) is 7.88. The van der Waals surface area contributed by atoms with Gasteiger partial charge in [0.05, 0.1) is 6.04 Å². The van der Waals surface area contributed by atoms with Crippen molar-refractivity contribution in [2.45, 2.75) is 56.8 Å². The van der Waals surface area contributed by atoms with Crippen LogP contribution < -0.4 is 21.7 Å². The Morgan fingerprint density at radius 3 is 2.06 bits per heavy atom. The Bertz CT molecular complexity index is 896. The van der Waals surface area contributed by atoms with Gasteiger partial charge in [-0.1, -0.05) is 12.1 Å². The smallest absolute Gasteiger partial charge is 0.326 e. The van der Waals surface area contributed by atoms with Crippen molar-refractivity contribution in [1.29, 1.82) is 0 Å². The van der Waals surface area contributed by atoms with Crippen LogP contribution in [-0.2, 0) is 30.4 Å². The van der Waals surface area contributed by atoms with Crippen molar-refractivity contribution in [3.05, 3.63) is 29.8 Å². The summed E-state index contributed by atoms with van der Waals surface area (Å²) in [5.41, 5.74) is 6.52. The molecule has 0 aromatic heterocycles. The molecule has 3 amide bonds. The largest absolute Gasteiger partial charge is 0.508 e. The number of aromatic hydroxyl groups is 1. The molecular weight excluding hydrogens is 480 g/mol. The van der Waals surface area contributed by atoms with Crippen LogP contribution >= 0.6 is 11.8 Å². The van der Waals surface area contributed by atoms with Crippen LogP contribution in [0.3, 0.4) is 0 Å². The van der Waals surface area contributed by atoms with E-state index in [1.54, 1.807) is 12.1 Å². The highest BCUT2D eigenvalue weighted by Crippen LogP contribution is 2.12. The minimum atomic E-state index is -1.44. The van der Waals surface area contributed by atoms with E-state index in [9.17, 15) is 34.2 Å². The summed E-state index contributed by atoms with van der Waals surface area (Å²) in [7, 11) is 0. The highest BCUT2D eigenvalue weighted by atomic mass is 32.2. The maximum atomic E-state index is 12.9. The Kier molecular flexibility index (Phi) is 12.6. The van der Waals surface area contributed by atoms with Crippen molar-refractivity contribution < 1.29 is 39.3 Å². The molecule has 0 saturated carbocycles. The Morgan fingerprint density at radius 1 is 0.914 bits per heavy atom. The minimum Gasteiger partial charge on any atom is -0.508 e. The number of carbonyl (C=O) groups is 5. The Balaban J connectivity index is 2.90. The highest BCUT2D eigenvalue weighted by Gasteiger charge is 2.28. The molecule has 0 heterocycles. The first-order valence-corrected chi connectivity index (χ1v) is 12.2. The van der Waals surface area contributed by atoms with Gasteiger partial charge in [0.15, 0.2) is 0 Å². The number of carbonyl (C=O) groups excluding carboxylic acids is 3. The molecule has 0 radical (unpaired) electrons. The summed E-state index contributed by atoms with van der Waals surface area (Å²) in [5.74, 6) is -4.03. The number of hydrogen-bond donors (Lipinski definition) is 7. The topological polar surface area (TPSA) is 208 Å². The van der Waals surface area contributed by atoms with E-state index in [4.69, 9.17) is 10.8 Å². The van der Waals surface area contributed by atoms with Crippen molar-refractivity contribution in [3.8, 4) is 5.75 Å². The lowest BCUT2D eigenvalue weighted by Gasteiger charge is -2.23. The van der Waals surface area contributed by atoms with E-state index >= 15 is 0 Å². The fourth-order valence-corrected chi connectivity index (χ4v) is 3.42. The lowest BCUT2D eigenvalue weighted by atomic mass is 10.0. The number of amides is 3. The third-order valence-electron chi connectivity index (χ3n) is 4.99.